The third-order valence-corrected chi connectivity index (χ3v) is 6.70. The molecule has 1 aliphatic heterocycles. The number of benzene rings is 1. The van der Waals surface area contributed by atoms with E-state index >= 15 is 0 Å². The van der Waals surface area contributed by atoms with E-state index in [4.69, 9.17) is 0 Å². The largest absolute Gasteiger partial charge is 0.342 e. The minimum Gasteiger partial charge on any atom is -0.342 e. The van der Waals surface area contributed by atoms with Gasteiger partial charge in [-0.15, -0.1) is 5.10 Å². The van der Waals surface area contributed by atoms with Gasteiger partial charge in [-0.25, -0.2) is 4.98 Å². The molecule has 34 heavy (non-hydrogen) atoms. The van der Waals surface area contributed by atoms with Gasteiger partial charge in [0.25, 0.3) is 0 Å². The summed E-state index contributed by atoms with van der Waals surface area (Å²) < 4.78 is 14.8. The van der Waals surface area contributed by atoms with Crippen LogP contribution in [0.1, 0.15) is 67.1 Å². The second kappa shape index (κ2) is 9.32. The Hall–Kier alpha value is -3.62. The number of pyridine rings is 1. The van der Waals surface area contributed by atoms with Gasteiger partial charge in [-0.1, -0.05) is 41.6 Å². The number of rotatable bonds is 7. The lowest BCUT2D eigenvalue weighted by atomic mass is 10.0. The maximum atomic E-state index is 14.8. The van der Waals surface area contributed by atoms with Gasteiger partial charge < -0.3 is 10.2 Å². The standard InChI is InChI=1S/C25H27FN6O2/c1-15-7-12-21(32(15)22(33)13-18-14-27-31-30-18)25(34)29-23(17-5-3-2-4-6-17)20-11-10-19(16-8-9-16)24(26)28-20/h2-6,10-11,14-16,21,23H,7-9,12-13H2,1H3,(H,29,34)(H,27,30,31)/t15-,21-,23-/m0/s1. The third kappa shape index (κ3) is 4.55. The first kappa shape index (κ1) is 22.2. The summed E-state index contributed by atoms with van der Waals surface area (Å²) in [6.45, 7) is 1.94. The van der Waals surface area contributed by atoms with E-state index in [1.165, 1.54) is 6.20 Å². The lowest BCUT2D eigenvalue weighted by Crippen LogP contribution is -2.49. The summed E-state index contributed by atoms with van der Waals surface area (Å²) in [6.07, 6.45) is 4.85. The van der Waals surface area contributed by atoms with Crippen molar-refractivity contribution < 1.29 is 14.0 Å². The van der Waals surface area contributed by atoms with Crippen LogP contribution in [0.4, 0.5) is 4.39 Å². The number of carbonyl (C=O) groups is 2. The van der Waals surface area contributed by atoms with Crippen molar-refractivity contribution in [2.75, 3.05) is 0 Å². The molecule has 0 spiro atoms. The molecule has 2 fully saturated rings. The summed E-state index contributed by atoms with van der Waals surface area (Å²) in [7, 11) is 0. The van der Waals surface area contributed by atoms with Crippen LogP contribution in [-0.2, 0) is 16.0 Å². The zero-order valence-electron chi connectivity index (χ0n) is 18.9. The van der Waals surface area contributed by atoms with Gasteiger partial charge in [0.1, 0.15) is 6.04 Å². The number of hydrogen-bond acceptors (Lipinski definition) is 5. The molecule has 1 aliphatic carbocycles. The normalized spacial score (nSPS) is 20.8. The number of nitrogens with zero attached hydrogens (tertiary/aromatic N) is 4. The number of nitrogens with one attached hydrogen (secondary N) is 2. The van der Waals surface area contributed by atoms with Gasteiger partial charge in [0.05, 0.1) is 30.0 Å². The van der Waals surface area contributed by atoms with E-state index in [0.29, 0.717) is 23.4 Å². The molecule has 0 radical (unpaired) electrons. The number of halogens is 1. The minimum absolute atomic E-state index is 0.0669. The molecule has 2 amide bonds. The van der Waals surface area contributed by atoms with Gasteiger partial charge in [-0.3, -0.25) is 14.7 Å². The molecule has 2 N–H and O–H groups in total. The van der Waals surface area contributed by atoms with Crippen molar-refractivity contribution in [3.05, 3.63) is 77.1 Å². The van der Waals surface area contributed by atoms with E-state index in [1.807, 2.05) is 37.3 Å². The molecule has 5 rings (SSSR count). The van der Waals surface area contributed by atoms with Gasteiger partial charge in [0.2, 0.25) is 17.8 Å². The second-order valence-electron chi connectivity index (χ2n) is 9.14. The lowest BCUT2D eigenvalue weighted by molar-refractivity contribution is -0.139. The van der Waals surface area contributed by atoms with Crippen LogP contribution in [0.3, 0.4) is 0 Å². The Morgan fingerprint density at radius 3 is 2.62 bits per heavy atom. The van der Waals surface area contributed by atoms with Gasteiger partial charge >= 0.3 is 0 Å². The fourth-order valence-corrected chi connectivity index (χ4v) is 4.75. The monoisotopic (exact) mass is 462 g/mol. The Morgan fingerprint density at radius 1 is 1.15 bits per heavy atom. The average Bonchev–Trinajstić information content (AvgIpc) is 3.40. The molecule has 3 atom stereocenters. The van der Waals surface area contributed by atoms with Crippen LogP contribution in [0.25, 0.3) is 0 Å². The molecular weight excluding hydrogens is 435 g/mol. The van der Waals surface area contributed by atoms with E-state index in [0.717, 1.165) is 24.8 Å². The Kier molecular flexibility index (Phi) is 6.08. The van der Waals surface area contributed by atoms with Crippen molar-refractivity contribution in [3.63, 3.8) is 0 Å². The summed E-state index contributed by atoms with van der Waals surface area (Å²) in [4.78, 5) is 32.4. The van der Waals surface area contributed by atoms with Crippen molar-refractivity contribution in [1.29, 1.82) is 0 Å². The van der Waals surface area contributed by atoms with Crippen molar-refractivity contribution in [1.82, 2.24) is 30.6 Å². The zero-order valence-corrected chi connectivity index (χ0v) is 18.9. The number of amides is 2. The highest BCUT2D eigenvalue weighted by Gasteiger charge is 2.39. The fraction of sp³-hybridized carbons (Fsp3) is 0.400. The van der Waals surface area contributed by atoms with Gasteiger partial charge in [0, 0.05) is 11.6 Å². The molecule has 2 aliphatic rings. The molecule has 2 aromatic heterocycles. The van der Waals surface area contributed by atoms with Crippen LogP contribution in [-0.4, -0.2) is 49.2 Å². The summed E-state index contributed by atoms with van der Waals surface area (Å²) in [5, 5.41) is 13.1. The van der Waals surface area contributed by atoms with Crippen LogP contribution < -0.4 is 5.32 Å². The fourth-order valence-electron chi connectivity index (χ4n) is 4.75. The van der Waals surface area contributed by atoms with Crippen molar-refractivity contribution in [2.24, 2.45) is 0 Å². The van der Waals surface area contributed by atoms with E-state index in [-0.39, 0.29) is 30.2 Å². The van der Waals surface area contributed by atoms with E-state index < -0.39 is 18.0 Å². The van der Waals surface area contributed by atoms with Gasteiger partial charge in [-0.05, 0) is 50.2 Å². The summed E-state index contributed by atoms with van der Waals surface area (Å²) in [6, 6.07) is 11.7. The van der Waals surface area contributed by atoms with Crippen molar-refractivity contribution in [3.8, 4) is 0 Å². The van der Waals surface area contributed by atoms with E-state index in [9.17, 15) is 14.0 Å². The van der Waals surface area contributed by atoms with Crippen molar-refractivity contribution >= 4 is 11.8 Å². The number of H-pyrrole nitrogens is 1. The number of aromatic amines is 1. The zero-order chi connectivity index (χ0) is 23.7. The first-order chi connectivity index (χ1) is 16.5. The van der Waals surface area contributed by atoms with Gasteiger partial charge in [-0.2, -0.15) is 4.39 Å². The van der Waals surface area contributed by atoms with Crippen LogP contribution in [0.15, 0.2) is 48.7 Å². The molecule has 0 bridgehead atoms. The molecular formula is C25H27FN6O2. The summed E-state index contributed by atoms with van der Waals surface area (Å²) >= 11 is 0. The number of likely N-dealkylation sites (tertiary alicyclic amines) is 1. The molecule has 0 unspecified atom stereocenters. The summed E-state index contributed by atoms with van der Waals surface area (Å²) in [5.41, 5.74) is 2.47. The predicted molar refractivity (Wildman–Crippen MR) is 122 cm³/mol. The maximum Gasteiger partial charge on any atom is 0.243 e. The Morgan fingerprint density at radius 2 is 1.94 bits per heavy atom. The minimum atomic E-state index is -0.624. The number of aromatic nitrogens is 4. The van der Waals surface area contributed by atoms with E-state index in [1.54, 1.807) is 17.0 Å². The quantitative estimate of drug-likeness (QED) is 0.526. The lowest BCUT2D eigenvalue weighted by Gasteiger charge is -2.29. The number of hydrogen-bond donors (Lipinski definition) is 2. The smallest absolute Gasteiger partial charge is 0.243 e. The molecule has 3 aromatic rings. The van der Waals surface area contributed by atoms with Crippen LogP contribution >= 0.6 is 0 Å². The molecule has 9 heteroatoms. The first-order valence-electron chi connectivity index (χ1n) is 11.7. The molecule has 1 aromatic carbocycles. The Balaban J connectivity index is 1.39. The Labute approximate surface area is 197 Å². The third-order valence-electron chi connectivity index (χ3n) is 6.70. The second-order valence-corrected chi connectivity index (χ2v) is 9.14. The molecule has 1 saturated heterocycles. The van der Waals surface area contributed by atoms with Crippen LogP contribution in [0.5, 0.6) is 0 Å². The van der Waals surface area contributed by atoms with Crippen LogP contribution in [0, 0.1) is 5.95 Å². The molecule has 3 heterocycles. The summed E-state index contributed by atoms with van der Waals surface area (Å²) in [5.74, 6) is -0.668. The molecule has 176 valence electrons. The first-order valence-corrected chi connectivity index (χ1v) is 11.7. The van der Waals surface area contributed by atoms with Crippen molar-refractivity contribution in [2.45, 2.75) is 63.1 Å². The SMILES string of the molecule is C[C@H]1CC[C@@H](C(=O)N[C@@H](c2ccccc2)c2ccc(C3CC3)c(F)n2)N1C(=O)Cc1cnn[nH]1. The van der Waals surface area contributed by atoms with Gasteiger partial charge in [0.15, 0.2) is 0 Å². The molecule has 1 saturated carbocycles. The number of carbonyl (C=O) groups excluding carboxylic acids is 2. The molecule has 8 nitrogen and oxygen atoms in total. The highest BCUT2D eigenvalue weighted by Crippen LogP contribution is 2.41. The average molecular weight is 463 g/mol. The Bertz CT molecular complexity index is 1170. The highest BCUT2D eigenvalue weighted by molar-refractivity contribution is 5.89. The van der Waals surface area contributed by atoms with E-state index in [2.05, 4.69) is 25.7 Å². The maximum absolute atomic E-state index is 14.8. The predicted octanol–water partition coefficient (Wildman–Crippen LogP) is 3.04. The topological polar surface area (TPSA) is 104 Å². The highest BCUT2D eigenvalue weighted by atomic mass is 19.1. The van der Waals surface area contributed by atoms with Crippen LogP contribution in [0.2, 0.25) is 0 Å².